The van der Waals surface area contributed by atoms with Gasteiger partial charge < -0.3 is 4.90 Å². The first-order valence-electron chi connectivity index (χ1n) is 4.07. The third kappa shape index (κ3) is 2.42. The van der Waals surface area contributed by atoms with Crippen LogP contribution in [0.5, 0.6) is 0 Å². The van der Waals surface area contributed by atoms with E-state index in [9.17, 15) is 9.18 Å². The van der Waals surface area contributed by atoms with E-state index >= 15 is 0 Å². The summed E-state index contributed by atoms with van der Waals surface area (Å²) in [5.74, 6) is -0.668. The molecule has 14 heavy (non-hydrogen) atoms. The number of amides is 1. The quantitative estimate of drug-likeness (QED) is 0.718. The smallest absolute Gasteiger partial charge is 0.256 e. The molecule has 1 amide bonds. The highest BCUT2D eigenvalue weighted by molar-refractivity contribution is 6.18. The SMILES string of the molecule is CN(CCCl)C(=O)c1ccncc1F. The van der Waals surface area contributed by atoms with E-state index in [1.54, 1.807) is 7.05 Å². The summed E-state index contributed by atoms with van der Waals surface area (Å²) in [5, 5.41) is 0. The van der Waals surface area contributed by atoms with E-state index in [1.165, 1.54) is 17.2 Å². The molecule has 0 atom stereocenters. The summed E-state index contributed by atoms with van der Waals surface area (Å²) >= 11 is 5.47. The van der Waals surface area contributed by atoms with Crippen LogP contribution < -0.4 is 0 Å². The summed E-state index contributed by atoms with van der Waals surface area (Å²) in [4.78, 5) is 16.5. The Kier molecular flexibility index (Phi) is 3.83. The molecule has 0 saturated carbocycles. The molecule has 0 saturated heterocycles. The average molecular weight is 217 g/mol. The van der Waals surface area contributed by atoms with E-state index in [4.69, 9.17) is 11.6 Å². The zero-order chi connectivity index (χ0) is 10.6. The minimum Gasteiger partial charge on any atom is -0.340 e. The van der Waals surface area contributed by atoms with E-state index in [-0.39, 0.29) is 11.5 Å². The number of hydrogen-bond acceptors (Lipinski definition) is 2. The van der Waals surface area contributed by atoms with Crippen LogP contribution in [-0.2, 0) is 0 Å². The van der Waals surface area contributed by atoms with Gasteiger partial charge in [-0.1, -0.05) is 0 Å². The average Bonchev–Trinajstić information content (AvgIpc) is 2.18. The lowest BCUT2D eigenvalue weighted by atomic mass is 10.2. The molecule has 0 radical (unpaired) electrons. The summed E-state index contributed by atoms with van der Waals surface area (Å²) in [5.41, 5.74) is 0.0209. The molecule has 5 heteroatoms. The predicted octanol–water partition coefficient (Wildman–Crippen LogP) is 1.53. The Balaban J connectivity index is 2.84. The third-order valence-electron chi connectivity index (χ3n) is 1.77. The number of alkyl halides is 1. The second-order valence-corrected chi connectivity index (χ2v) is 3.15. The molecule has 0 bridgehead atoms. The molecular formula is C9H10ClFN2O. The summed E-state index contributed by atoms with van der Waals surface area (Å²) in [6.45, 7) is 0.391. The largest absolute Gasteiger partial charge is 0.340 e. The van der Waals surface area contributed by atoms with Crippen LogP contribution in [0.4, 0.5) is 4.39 Å². The van der Waals surface area contributed by atoms with Crippen LogP contribution in [0.1, 0.15) is 10.4 Å². The van der Waals surface area contributed by atoms with Gasteiger partial charge in [0.1, 0.15) is 0 Å². The number of aromatic nitrogens is 1. The number of halogens is 2. The van der Waals surface area contributed by atoms with Crippen LogP contribution in [0.3, 0.4) is 0 Å². The van der Waals surface area contributed by atoms with Crippen molar-refractivity contribution in [2.75, 3.05) is 19.5 Å². The van der Waals surface area contributed by atoms with Crippen LogP contribution in [0, 0.1) is 5.82 Å². The molecular weight excluding hydrogens is 207 g/mol. The highest BCUT2D eigenvalue weighted by atomic mass is 35.5. The second kappa shape index (κ2) is 4.91. The van der Waals surface area contributed by atoms with Gasteiger partial charge in [0.05, 0.1) is 11.8 Å². The molecule has 3 nitrogen and oxygen atoms in total. The number of carbonyl (C=O) groups is 1. The van der Waals surface area contributed by atoms with E-state index in [0.29, 0.717) is 12.4 Å². The lowest BCUT2D eigenvalue weighted by Gasteiger charge is -2.15. The van der Waals surface area contributed by atoms with Crippen LogP contribution in [0.15, 0.2) is 18.5 Å². The van der Waals surface area contributed by atoms with Crippen LogP contribution in [-0.4, -0.2) is 35.3 Å². The molecule has 0 spiro atoms. The van der Waals surface area contributed by atoms with Gasteiger partial charge in [-0.05, 0) is 6.07 Å². The third-order valence-corrected chi connectivity index (χ3v) is 1.94. The maximum Gasteiger partial charge on any atom is 0.256 e. The Labute approximate surface area is 86.5 Å². The molecule has 1 rings (SSSR count). The van der Waals surface area contributed by atoms with Gasteiger partial charge >= 0.3 is 0 Å². The predicted molar refractivity (Wildman–Crippen MR) is 51.9 cm³/mol. The molecule has 1 aromatic heterocycles. The van der Waals surface area contributed by atoms with Gasteiger partial charge in [0.2, 0.25) is 0 Å². The minimum atomic E-state index is -0.612. The summed E-state index contributed by atoms with van der Waals surface area (Å²) in [6.07, 6.45) is 2.40. The molecule has 1 heterocycles. The second-order valence-electron chi connectivity index (χ2n) is 2.77. The van der Waals surface area contributed by atoms with Crippen molar-refractivity contribution in [1.29, 1.82) is 0 Å². The Morgan fingerprint density at radius 1 is 1.71 bits per heavy atom. The molecule has 0 fully saturated rings. The fourth-order valence-electron chi connectivity index (χ4n) is 0.983. The Hall–Kier alpha value is -1.16. The summed E-state index contributed by atoms with van der Waals surface area (Å²) in [6, 6.07) is 1.35. The fraction of sp³-hybridized carbons (Fsp3) is 0.333. The van der Waals surface area contributed by atoms with Crippen LogP contribution in [0.25, 0.3) is 0 Å². The normalized spacial score (nSPS) is 9.93. The number of rotatable bonds is 3. The van der Waals surface area contributed by atoms with Gasteiger partial charge in [-0.2, -0.15) is 0 Å². The number of carbonyl (C=O) groups excluding carboxylic acids is 1. The molecule has 0 unspecified atom stereocenters. The number of pyridine rings is 1. The number of nitrogens with zero attached hydrogens (tertiary/aromatic N) is 2. The van der Waals surface area contributed by atoms with Gasteiger partial charge in [-0.25, -0.2) is 4.39 Å². The zero-order valence-corrected chi connectivity index (χ0v) is 8.46. The van der Waals surface area contributed by atoms with Gasteiger partial charge in [-0.15, -0.1) is 11.6 Å². The maximum atomic E-state index is 13.1. The van der Waals surface area contributed by atoms with E-state index in [1.807, 2.05) is 0 Å². The van der Waals surface area contributed by atoms with E-state index in [2.05, 4.69) is 4.98 Å². The molecule has 0 N–H and O–H groups in total. The minimum absolute atomic E-state index is 0.0209. The highest BCUT2D eigenvalue weighted by Crippen LogP contribution is 2.07. The first-order valence-corrected chi connectivity index (χ1v) is 4.61. The fourth-order valence-corrected chi connectivity index (χ4v) is 1.24. The van der Waals surface area contributed by atoms with Gasteiger partial charge in [0.25, 0.3) is 5.91 Å². The van der Waals surface area contributed by atoms with Crippen LogP contribution >= 0.6 is 11.6 Å². The molecule has 0 aliphatic heterocycles. The van der Waals surface area contributed by atoms with Crippen molar-refractivity contribution in [2.45, 2.75) is 0 Å². The van der Waals surface area contributed by atoms with Gasteiger partial charge in [0.15, 0.2) is 5.82 Å². The lowest BCUT2D eigenvalue weighted by molar-refractivity contribution is 0.0798. The molecule has 1 aromatic rings. The molecule has 0 aliphatic rings. The topological polar surface area (TPSA) is 33.2 Å². The van der Waals surface area contributed by atoms with Crippen molar-refractivity contribution in [3.8, 4) is 0 Å². The first kappa shape index (κ1) is 10.9. The number of hydrogen-bond donors (Lipinski definition) is 0. The van der Waals surface area contributed by atoms with Gasteiger partial charge in [0, 0.05) is 25.7 Å². The molecule has 0 aromatic carbocycles. The summed E-state index contributed by atoms with van der Waals surface area (Å²) < 4.78 is 13.1. The van der Waals surface area contributed by atoms with Crippen molar-refractivity contribution in [3.63, 3.8) is 0 Å². The standard InChI is InChI=1S/C9H10ClFN2O/c1-13(5-3-10)9(14)7-2-4-12-6-8(7)11/h2,4,6H,3,5H2,1H3. The Morgan fingerprint density at radius 3 is 3.00 bits per heavy atom. The Morgan fingerprint density at radius 2 is 2.43 bits per heavy atom. The monoisotopic (exact) mass is 216 g/mol. The van der Waals surface area contributed by atoms with E-state index < -0.39 is 5.82 Å². The van der Waals surface area contributed by atoms with Crippen molar-refractivity contribution < 1.29 is 9.18 Å². The molecule has 76 valence electrons. The maximum absolute atomic E-state index is 13.1. The van der Waals surface area contributed by atoms with Crippen molar-refractivity contribution in [1.82, 2.24) is 9.88 Å². The van der Waals surface area contributed by atoms with E-state index in [0.717, 1.165) is 6.20 Å². The van der Waals surface area contributed by atoms with Crippen molar-refractivity contribution in [3.05, 3.63) is 29.8 Å². The lowest BCUT2D eigenvalue weighted by Crippen LogP contribution is -2.29. The van der Waals surface area contributed by atoms with Crippen molar-refractivity contribution >= 4 is 17.5 Å². The van der Waals surface area contributed by atoms with Crippen LogP contribution in [0.2, 0.25) is 0 Å². The first-order chi connectivity index (χ1) is 6.66. The van der Waals surface area contributed by atoms with Gasteiger partial charge in [-0.3, -0.25) is 9.78 Å². The summed E-state index contributed by atoms with van der Waals surface area (Å²) in [7, 11) is 1.57. The highest BCUT2D eigenvalue weighted by Gasteiger charge is 2.14. The zero-order valence-electron chi connectivity index (χ0n) is 7.70. The molecule has 0 aliphatic carbocycles. The van der Waals surface area contributed by atoms with Crippen molar-refractivity contribution in [2.24, 2.45) is 0 Å². The Bertz CT molecular complexity index is 332.